The SMILES string of the molecule is C[C@H](NC(=O)/C(=C/c1ccco1)c1ccccc1)c1ccc2c(c1)CCC2. The number of nitrogens with one attached hydrogen (secondary N) is 1. The van der Waals surface area contributed by atoms with Gasteiger partial charge in [0, 0.05) is 0 Å². The molecule has 1 amide bonds. The predicted molar refractivity (Wildman–Crippen MR) is 108 cm³/mol. The highest BCUT2D eigenvalue weighted by Crippen LogP contribution is 2.26. The number of benzene rings is 2. The maximum absolute atomic E-state index is 13.1. The number of aryl methyl sites for hydroxylation is 2. The highest BCUT2D eigenvalue weighted by Gasteiger charge is 2.18. The molecule has 1 N–H and O–H groups in total. The number of carbonyl (C=O) groups excluding carboxylic acids is 1. The minimum absolute atomic E-state index is 0.0629. The number of rotatable bonds is 5. The number of hydrogen-bond donors (Lipinski definition) is 1. The second kappa shape index (κ2) is 7.67. The Hall–Kier alpha value is -3.07. The second-order valence-corrected chi connectivity index (χ2v) is 7.02. The summed E-state index contributed by atoms with van der Waals surface area (Å²) >= 11 is 0. The smallest absolute Gasteiger partial charge is 0.252 e. The van der Waals surface area contributed by atoms with E-state index < -0.39 is 0 Å². The van der Waals surface area contributed by atoms with E-state index >= 15 is 0 Å². The number of hydrogen-bond acceptors (Lipinski definition) is 2. The first-order valence-electron chi connectivity index (χ1n) is 9.44. The van der Waals surface area contributed by atoms with Gasteiger partial charge in [0.2, 0.25) is 0 Å². The molecule has 1 aromatic heterocycles. The molecular weight excluding hydrogens is 334 g/mol. The Labute approximate surface area is 159 Å². The van der Waals surface area contributed by atoms with E-state index in [1.54, 1.807) is 12.3 Å². The Balaban J connectivity index is 1.58. The third-order valence-corrected chi connectivity index (χ3v) is 5.13. The van der Waals surface area contributed by atoms with Gasteiger partial charge in [-0.15, -0.1) is 0 Å². The molecule has 3 nitrogen and oxygen atoms in total. The molecule has 0 aliphatic heterocycles. The second-order valence-electron chi connectivity index (χ2n) is 7.02. The maximum Gasteiger partial charge on any atom is 0.252 e. The van der Waals surface area contributed by atoms with Crippen molar-refractivity contribution in [1.82, 2.24) is 5.32 Å². The highest BCUT2D eigenvalue weighted by atomic mass is 16.3. The summed E-state index contributed by atoms with van der Waals surface area (Å²) in [7, 11) is 0. The number of furan rings is 1. The molecule has 3 heteroatoms. The van der Waals surface area contributed by atoms with E-state index in [4.69, 9.17) is 4.42 Å². The van der Waals surface area contributed by atoms with Gasteiger partial charge in [0.25, 0.3) is 5.91 Å². The zero-order valence-electron chi connectivity index (χ0n) is 15.4. The number of fused-ring (bicyclic) bond motifs is 1. The van der Waals surface area contributed by atoms with Crippen molar-refractivity contribution < 1.29 is 9.21 Å². The van der Waals surface area contributed by atoms with E-state index in [1.807, 2.05) is 49.4 Å². The van der Waals surface area contributed by atoms with E-state index in [0.717, 1.165) is 17.5 Å². The van der Waals surface area contributed by atoms with Crippen molar-refractivity contribution in [3.8, 4) is 0 Å². The summed E-state index contributed by atoms with van der Waals surface area (Å²) < 4.78 is 5.42. The molecule has 0 spiro atoms. The molecule has 0 radical (unpaired) electrons. The van der Waals surface area contributed by atoms with Crippen LogP contribution in [0.15, 0.2) is 71.3 Å². The molecule has 1 atom stereocenters. The lowest BCUT2D eigenvalue weighted by Gasteiger charge is -2.17. The minimum Gasteiger partial charge on any atom is -0.465 e. The van der Waals surface area contributed by atoms with Gasteiger partial charge in [0.15, 0.2) is 0 Å². The molecule has 0 saturated heterocycles. The van der Waals surface area contributed by atoms with E-state index in [9.17, 15) is 4.79 Å². The Bertz CT molecular complexity index is 955. The molecule has 0 unspecified atom stereocenters. The van der Waals surface area contributed by atoms with E-state index in [1.165, 1.54) is 24.0 Å². The first-order chi connectivity index (χ1) is 13.2. The van der Waals surface area contributed by atoms with Gasteiger partial charge >= 0.3 is 0 Å². The van der Waals surface area contributed by atoms with E-state index in [2.05, 4.69) is 23.5 Å². The van der Waals surface area contributed by atoms with Crippen molar-refractivity contribution in [2.75, 3.05) is 0 Å². The molecule has 27 heavy (non-hydrogen) atoms. The molecule has 136 valence electrons. The molecule has 3 aromatic rings. The maximum atomic E-state index is 13.1. The van der Waals surface area contributed by atoms with Crippen LogP contribution < -0.4 is 5.32 Å². The van der Waals surface area contributed by atoms with Crippen LogP contribution in [0.25, 0.3) is 11.6 Å². The lowest BCUT2D eigenvalue weighted by Crippen LogP contribution is -2.27. The minimum atomic E-state index is -0.106. The molecule has 1 heterocycles. The molecule has 2 aromatic carbocycles. The third-order valence-electron chi connectivity index (χ3n) is 5.13. The lowest BCUT2D eigenvalue weighted by molar-refractivity contribution is -0.116. The fourth-order valence-corrected chi connectivity index (χ4v) is 3.63. The summed E-state index contributed by atoms with van der Waals surface area (Å²) in [4.78, 5) is 13.1. The van der Waals surface area contributed by atoms with Gasteiger partial charge in [-0.25, -0.2) is 0 Å². The van der Waals surface area contributed by atoms with Gasteiger partial charge in [-0.3, -0.25) is 4.79 Å². The van der Waals surface area contributed by atoms with Gasteiger partial charge in [0.1, 0.15) is 5.76 Å². The Morgan fingerprint density at radius 1 is 1.04 bits per heavy atom. The van der Waals surface area contributed by atoms with E-state index in [-0.39, 0.29) is 11.9 Å². The predicted octanol–water partition coefficient (Wildman–Crippen LogP) is 5.19. The fourth-order valence-electron chi connectivity index (χ4n) is 3.63. The van der Waals surface area contributed by atoms with Crippen molar-refractivity contribution in [1.29, 1.82) is 0 Å². The van der Waals surface area contributed by atoms with Crippen molar-refractivity contribution >= 4 is 17.6 Å². The Kier molecular flexibility index (Phi) is 4.93. The largest absolute Gasteiger partial charge is 0.465 e. The summed E-state index contributed by atoms with van der Waals surface area (Å²) in [6.07, 6.45) is 6.93. The first kappa shape index (κ1) is 17.3. The van der Waals surface area contributed by atoms with Crippen LogP contribution in [0.3, 0.4) is 0 Å². The van der Waals surface area contributed by atoms with Crippen LogP contribution in [-0.4, -0.2) is 5.91 Å². The summed E-state index contributed by atoms with van der Waals surface area (Å²) in [6, 6.07) is 19.9. The fraction of sp³-hybridized carbons (Fsp3) is 0.208. The van der Waals surface area contributed by atoms with Gasteiger partial charge in [-0.05, 0) is 66.6 Å². The van der Waals surface area contributed by atoms with Crippen molar-refractivity contribution in [3.63, 3.8) is 0 Å². The molecule has 4 rings (SSSR count). The molecule has 0 bridgehead atoms. The first-order valence-corrected chi connectivity index (χ1v) is 9.44. The summed E-state index contributed by atoms with van der Waals surface area (Å²) in [5.74, 6) is 0.555. The van der Waals surface area contributed by atoms with Gasteiger partial charge in [-0.2, -0.15) is 0 Å². The van der Waals surface area contributed by atoms with E-state index in [0.29, 0.717) is 11.3 Å². The van der Waals surface area contributed by atoms with Crippen LogP contribution in [0.1, 0.15) is 47.4 Å². The van der Waals surface area contributed by atoms with Crippen molar-refractivity contribution in [2.24, 2.45) is 0 Å². The molecule has 0 saturated carbocycles. The average Bonchev–Trinajstić information content (AvgIpc) is 3.37. The Morgan fingerprint density at radius 3 is 2.63 bits per heavy atom. The quantitative estimate of drug-likeness (QED) is 0.639. The Morgan fingerprint density at radius 2 is 1.85 bits per heavy atom. The van der Waals surface area contributed by atoms with Gasteiger partial charge in [0.05, 0.1) is 17.9 Å². The van der Waals surface area contributed by atoms with Gasteiger partial charge in [-0.1, -0.05) is 48.5 Å². The average molecular weight is 357 g/mol. The standard InChI is InChI=1S/C24H23NO2/c1-17(20-13-12-18-9-5-10-21(18)15-20)25-24(26)23(16-22-11-6-14-27-22)19-7-3-2-4-8-19/h2-4,6-8,11-17H,5,9-10H2,1H3,(H,25,26)/b23-16+/t17-/m0/s1. The summed E-state index contributed by atoms with van der Waals surface area (Å²) in [5, 5.41) is 3.15. The lowest BCUT2D eigenvalue weighted by atomic mass is 10.0. The van der Waals surface area contributed by atoms with Crippen LogP contribution in [0.5, 0.6) is 0 Å². The zero-order valence-corrected chi connectivity index (χ0v) is 15.4. The summed E-state index contributed by atoms with van der Waals surface area (Å²) in [6.45, 7) is 2.03. The monoisotopic (exact) mass is 357 g/mol. The van der Waals surface area contributed by atoms with Crippen molar-refractivity contribution in [3.05, 3.63) is 94.9 Å². The number of amides is 1. The topological polar surface area (TPSA) is 42.2 Å². The van der Waals surface area contributed by atoms with Crippen LogP contribution in [-0.2, 0) is 17.6 Å². The molecular formula is C24H23NO2. The van der Waals surface area contributed by atoms with Crippen molar-refractivity contribution in [2.45, 2.75) is 32.2 Å². The normalized spacial score (nSPS) is 14.6. The molecule has 1 aliphatic rings. The summed E-state index contributed by atoms with van der Waals surface area (Å²) in [5.41, 5.74) is 5.48. The molecule has 1 aliphatic carbocycles. The van der Waals surface area contributed by atoms with Gasteiger partial charge < -0.3 is 9.73 Å². The molecule has 0 fully saturated rings. The van der Waals surface area contributed by atoms with Crippen LogP contribution in [0.4, 0.5) is 0 Å². The van der Waals surface area contributed by atoms with Crippen LogP contribution >= 0.6 is 0 Å². The third kappa shape index (κ3) is 3.87. The van der Waals surface area contributed by atoms with Crippen LogP contribution in [0.2, 0.25) is 0 Å². The zero-order chi connectivity index (χ0) is 18.6. The van der Waals surface area contributed by atoms with Crippen LogP contribution in [0, 0.1) is 0 Å². The number of carbonyl (C=O) groups is 1. The highest BCUT2D eigenvalue weighted by molar-refractivity contribution is 6.24.